The number of nitrogens with zero attached hydrogens (tertiary/aromatic N) is 2. The lowest BCUT2D eigenvalue weighted by Crippen LogP contribution is -2.47. The topological polar surface area (TPSA) is 71.1 Å². The van der Waals surface area contributed by atoms with Crippen LogP contribution in [0.3, 0.4) is 0 Å². The van der Waals surface area contributed by atoms with Crippen LogP contribution in [0.15, 0.2) is 42.5 Å². The lowest BCUT2D eigenvalue weighted by molar-refractivity contribution is -0.117. The summed E-state index contributed by atoms with van der Waals surface area (Å²) in [7, 11) is 3.13. The normalized spacial score (nSPS) is 18.4. The first-order valence-corrected chi connectivity index (χ1v) is 9.79. The third-order valence-corrected chi connectivity index (χ3v) is 5.49. The van der Waals surface area contributed by atoms with Gasteiger partial charge < -0.3 is 19.7 Å². The van der Waals surface area contributed by atoms with E-state index < -0.39 is 0 Å². The van der Waals surface area contributed by atoms with Gasteiger partial charge in [0.1, 0.15) is 0 Å². The van der Waals surface area contributed by atoms with Gasteiger partial charge in [-0.25, -0.2) is 4.79 Å². The van der Waals surface area contributed by atoms with Gasteiger partial charge in [-0.1, -0.05) is 18.2 Å². The van der Waals surface area contributed by atoms with Crippen LogP contribution in [0.5, 0.6) is 11.5 Å². The first-order valence-electron chi connectivity index (χ1n) is 9.79. The monoisotopic (exact) mass is 395 g/mol. The molecule has 0 aromatic heterocycles. The highest BCUT2D eigenvalue weighted by Gasteiger charge is 2.33. The fourth-order valence-corrected chi connectivity index (χ4v) is 4.04. The lowest BCUT2D eigenvalue weighted by Gasteiger charge is -2.30. The Morgan fingerprint density at radius 1 is 1.10 bits per heavy atom. The standard InChI is InChI=1S/C22H25N3O4/c1-28-19-10-9-17(13-20(19)29-2)25-14-16(12-21(25)26)23-22(27)24-11-5-7-15-6-3-4-8-18(15)24/h3-4,6,8-10,13,16H,5,7,11-12,14H2,1-2H3,(H,23,27)/t16-/m1/s1. The van der Waals surface area contributed by atoms with E-state index in [9.17, 15) is 9.59 Å². The highest BCUT2D eigenvalue weighted by molar-refractivity contribution is 5.98. The van der Waals surface area contributed by atoms with E-state index in [1.54, 1.807) is 36.2 Å². The molecular weight excluding hydrogens is 370 g/mol. The van der Waals surface area contributed by atoms with Crippen molar-refractivity contribution >= 4 is 23.3 Å². The summed E-state index contributed by atoms with van der Waals surface area (Å²) in [6, 6.07) is 13.0. The van der Waals surface area contributed by atoms with Crippen LogP contribution >= 0.6 is 0 Å². The van der Waals surface area contributed by atoms with Gasteiger partial charge in [0, 0.05) is 37.0 Å². The van der Waals surface area contributed by atoms with E-state index in [1.807, 2.05) is 24.3 Å². The maximum Gasteiger partial charge on any atom is 0.322 e. The second-order valence-electron chi connectivity index (χ2n) is 7.28. The summed E-state index contributed by atoms with van der Waals surface area (Å²) in [5, 5.41) is 3.04. The van der Waals surface area contributed by atoms with Gasteiger partial charge in [-0.2, -0.15) is 0 Å². The van der Waals surface area contributed by atoms with Crippen LogP contribution in [0, 0.1) is 0 Å². The minimum absolute atomic E-state index is 0.0263. The van der Waals surface area contributed by atoms with Gasteiger partial charge in [0.05, 0.1) is 20.3 Å². The van der Waals surface area contributed by atoms with Crippen LogP contribution in [-0.2, 0) is 11.2 Å². The number of para-hydroxylation sites is 1. The number of carbonyl (C=O) groups is 2. The molecule has 7 heteroatoms. The van der Waals surface area contributed by atoms with Crippen molar-refractivity contribution in [3.63, 3.8) is 0 Å². The van der Waals surface area contributed by atoms with Crippen LogP contribution in [0.4, 0.5) is 16.2 Å². The number of fused-ring (bicyclic) bond motifs is 1. The Labute approximate surface area is 170 Å². The van der Waals surface area contributed by atoms with Crippen LogP contribution in [0.25, 0.3) is 0 Å². The van der Waals surface area contributed by atoms with Gasteiger partial charge >= 0.3 is 6.03 Å². The first-order chi connectivity index (χ1) is 14.1. The highest BCUT2D eigenvalue weighted by Crippen LogP contribution is 2.33. The van der Waals surface area contributed by atoms with Crippen LogP contribution in [0.2, 0.25) is 0 Å². The number of anilines is 2. The summed E-state index contributed by atoms with van der Waals surface area (Å²) in [4.78, 5) is 28.9. The average Bonchev–Trinajstić information content (AvgIpc) is 3.12. The number of amides is 3. The van der Waals surface area contributed by atoms with Crippen molar-refractivity contribution < 1.29 is 19.1 Å². The molecule has 152 valence electrons. The molecule has 0 spiro atoms. The molecule has 1 fully saturated rings. The number of benzene rings is 2. The summed E-state index contributed by atoms with van der Waals surface area (Å²) in [5.74, 6) is 1.15. The first kappa shape index (κ1) is 19.1. The molecule has 0 aliphatic carbocycles. The van der Waals surface area contributed by atoms with Gasteiger partial charge in [0.2, 0.25) is 5.91 Å². The Hall–Kier alpha value is -3.22. The van der Waals surface area contributed by atoms with Crippen LogP contribution in [-0.4, -0.2) is 45.3 Å². The molecule has 0 saturated carbocycles. The summed E-state index contributed by atoms with van der Waals surface area (Å²) in [6.45, 7) is 1.11. The van der Waals surface area contributed by atoms with E-state index in [0.29, 0.717) is 24.6 Å². The third kappa shape index (κ3) is 3.72. The van der Waals surface area contributed by atoms with Crippen molar-refractivity contribution in [2.75, 3.05) is 37.1 Å². The fourth-order valence-electron chi connectivity index (χ4n) is 4.04. The summed E-state index contributed by atoms with van der Waals surface area (Å²) in [5.41, 5.74) is 2.87. The van der Waals surface area contributed by atoms with Crippen LogP contribution < -0.4 is 24.6 Å². The van der Waals surface area contributed by atoms with Crippen molar-refractivity contribution in [1.29, 1.82) is 0 Å². The molecular formula is C22H25N3O4. The van der Waals surface area contributed by atoms with Crippen molar-refractivity contribution in [3.8, 4) is 11.5 Å². The Morgan fingerprint density at radius 2 is 1.90 bits per heavy atom. The molecule has 2 aromatic rings. The quantitative estimate of drug-likeness (QED) is 0.864. The maximum absolute atomic E-state index is 12.9. The predicted octanol–water partition coefficient (Wildman–Crippen LogP) is 2.97. The van der Waals surface area contributed by atoms with E-state index >= 15 is 0 Å². The molecule has 2 aromatic carbocycles. The van der Waals surface area contributed by atoms with Crippen LogP contribution in [0.1, 0.15) is 18.4 Å². The van der Waals surface area contributed by atoms with E-state index in [2.05, 4.69) is 11.4 Å². The molecule has 1 saturated heterocycles. The molecule has 1 N–H and O–H groups in total. The molecule has 29 heavy (non-hydrogen) atoms. The molecule has 0 radical (unpaired) electrons. The van der Waals surface area contributed by atoms with Crippen molar-refractivity contribution in [3.05, 3.63) is 48.0 Å². The molecule has 7 nitrogen and oxygen atoms in total. The van der Waals surface area contributed by atoms with E-state index in [-0.39, 0.29) is 24.4 Å². The molecule has 0 unspecified atom stereocenters. The second-order valence-corrected chi connectivity index (χ2v) is 7.28. The number of urea groups is 1. The molecule has 2 aliphatic heterocycles. The smallest absolute Gasteiger partial charge is 0.322 e. The minimum atomic E-state index is -0.239. The zero-order chi connectivity index (χ0) is 20.4. The zero-order valence-electron chi connectivity index (χ0n) is 16.7. The number of hydrogen-bond acceptors (Lipinski definition) is 4. The number of methoxy groups -OCH3 is 2. The number of aryl methyl sites for hydroxylation is 1. The fraction of sp³-hybridized carbons (Fsp3) is 0.364. The van der Waals surface area contributed by atoms with Crippen molar-refractivity contribution in [1.82, 2.24) is 5.32 Å². The number of carbonyl (C=O) groups excluding carboxylic acids is 2. The average molecular weight is 395 g/mol. The van der Waals surface area contributed by atoms with Gasteiger partial charge in [0.25, 0.3) is 0 Å². The zero-order valence-corrected chi connectivity index (χ0v) is 16.7. The Morgan fingerprint density at radius 3 is 2.69 bits per heavy atom. The number of rotatable bonds is 4. The Bertz CT molecular complexity index is 930. The second kappa shape index (κ2) is 8.03. The van der Waals surface area contributed by atoms with Crippen molar-refractivity contribution in [2.45, 2.75) is 25.3 Å². The predicted molar refractivity (Wildman–Crippen MR) is 111 cm³/mol. The minimum Gasteiger partial charge on any atom is -0.493 e. The molecule has 4 rings (SSSR count). The SMILES string of the molecule is COc1ccc(N2C[C@H](NC(=O)N3CCCc4ccccc43)CC2=O)cc1OC. The largest absolute Gasteiger partial charge is 0.493 e. The number of hydrogen-bond donors (Lipinski definition) is 1. The number of ether oxygens (including phenoxy) is 2. The van der Waals surface area contributed by atoms with E-state index in [0.717, 1.165) is 24.2 Å². The summed E-state index contributed by atoms with van der Waals surface area (Å²) < 4.78 is 10.6. The Kier molecular flexibility index (Phi) is 5.29. The van der Waals surface area contributed by atoms with Gasteiger partial charge in [-0.3, -0.25) is 9.69 Å². The van der Waals surface area contributed by atoms with Gasteiger partial charge in [-0.05, 0) is 36.6 Å². The van der Waals surface area contributed by atoms with E-state index in [4.69, 9.17) is 9.47 Å². The molecule has 1 atom stereocenters. The summed E-state index contributed by atoms with van der Waals surface area (Å²) >= 11 is 0. The maximum atomic E-state index is 12.9. The van der Waals surface area contributed by atoms with Gasteiger partial charge in [0.15, 0.2) is 11.5 Å². The molecule has 0 bridgehead atoms. The van der Waals surface area contributed by atoms with E-state index in [1.165, 1.54) is 5.56 Å². The molecule has 3 amide bonds. The Balaban J connectivity index is 1.46. The third-order valence-electron chi connectivity index (χ3n) is 5.49. The van der Waals surface area contributed by atoms with Gasteiger partial charge in [-0.15, -0.1) is 0 Å². The number of nitrogens with one attached hydrogen (secondary N) is 1. The van der Waals surface area contributed by atoms with Crippen molar-refractivity contribution in [2.24, 2.45) is 0 Å². The lowest BCUT2D eigenvalue weighted by atomic mass is 10.0. The summed E-state index contributed by atoms with van der Waals surface area (Å²) in [6.07, 6.45) is 2.19. The highest BCUT2D eigenvalue weighted by atomic mass is 16.5. The molecule has 2 aliphatic rings. The molecule has 2 heterocycles.